The molecule has 0 spiro atoms. The zero-order valence-electron chi connectivity index (χ0n) is 13.5. The van der Waals surface area contributed by atoms with Crippen LogP contribution in [0.2, 0.25) is 0 Å². The highest BCUT2D eigenvalue weighted by molar-refractivity contribution is 14.0. The third kappa shape index (κ3) is 5.99. The molecule has 1 aliphatic heterocycles. The number of hydrogen-bond acceptors (Lipinski definition) is 3. The first kappa shape index (κ1) is 20.8. The van der Waals surface area contributed by atoms with Gasteiger partial charge >= 0.3 is 6.18 Å². The fraction of sp³-hybridized carbons (Fsp3) is 0.600. The van der Waals surface area contributed by atoms with Crippen LogP contribution in [-0.2, 0) is 6.18 Å². The van der Waals surface area contributed by atoms with Gasteiger partial charge in [0.05, 0.1) is 6.54 Å². The monoisotopic (exact) mass is 458 g/mol. The first-order valence-electron chi connectivity index (χ1n) is 7.70. The second kappa shape index (κ2) is 9.90. The molecule has 24 heavy (non-hydrogen) atoms. The Morgan fingerprint density at radius 2 is 2.08 bits per heavy atom. The number of rotatable bonds is 5. The Bertz CT molecular complexity index is 534. The Balaban J connectivity index is 0.00000288. The van der Waals surface area contributed by atoms with Gasteiger partial charge in [0, 0.05) is 25.8 Å². The molecule has 0 radical (unpaired) electrons. The number of nitrogens with one attached hydrogen (secondary N) is 1. The summed E-state index contributed by atoms with van der Waals surface area (Å²) in [6.45, 7) is 4.94. The number of aromatic nitrogens is 1. The minimum absolute atomic E-state index is 0. The minimum atomic E-state index is -4.47. The molecule has 0 atom stereocenters. The standard InChI is InChI=1S/C15H21F3N4O.HI/c1-2-19-14(22-9-3-4-10-22)21-8-11-23-13-12(15(16,17)18)6-5-7-20-13;/h5-7H,2-4,8-11H2,1H3,(H,19,21);1H. The van der Waals surface area contributed by atoms with E-state index in [9.17, 15) is 13.2 Å². The molecular formula is C15H22F3IN4O. The van der Waals surface area contributed by atoms with E-state index in [1.165, 1.54) is 12.3 Å². The number of ether oxygens (including phenoxy) is 1. The summed E-state index contributed by atoms with van der Waals surface area (Å²) in [4.78, 5) is 10.2. The van der Waals surface area contributed by atoms with Gasteiger partial charge in [0.1, 0.15) is 12.2 Å². The molecular weight excluding hydrogens is 436 g/mol. The molecule has 1 aromatic rings. The van der Waals surface area contributed by atoms with Crippen LogP contribution in [-0.4, -0.2) is 48.6 Å². The van der Waals surface area contributed by atoms with Crippen LogP contribution in [0.5, 0.6) is 5.88 Å². The quantitative estimate of drug-likeness (QED) is 0.319. The van der Waals surface area contributed by atoms with E-state index in [1.54, 1.807) is 0 Å². The van der Waals surface area contributed by atoms with Crippen molar-refractivity contribution in [1.82, 2.24) is 15.2 Å². The fourth-order valence-corrected chi connectivity index (χ4v) is 2.37. The summed E-state index contributed by atoms with van der Waals surface area (Å²) in [6.07, 6.45) is -0.937. The number of likely N-dealkylation sites (tertiary alicyclic amines) is 1. The van der Waals surface area contributed by atoms with Crippen LogP contribution in [0.1, 0.15) is 25.3 Å². The van der Waals surface area contributed by atoms with Crippen molar-refractivity contribution in [1.29, 1.82) is 0 Å². The molecule has 0 bridgehead atoms. The summed E-state index contributed by atoms with van der Waals surface area (Å²) in [6, 6.07) is 2.20. The number of pyridine rings is 1. The van der Waals surface area contributed by atoms with Gasteiger partial charge in [0.25, 0.3) is 0 Å². The smallest absolute Gasteiger partial charge is 0.421 e. The highest BCUT2D eigenvalue weighted by Gasteiger charge is 2.34. The van der Waals surface area contributed by atoms with E-state index in [2.05, 4.69) is 20.2 Å². The van der Waals surface area contributed by atoms with Crippen LogP contribution in [0, 0.1) is 0 Å². The Morgan fingerprint density at radius 3 is 2.71 bits per heavy atom. The SMILES string of the molecule is CCNC(=NCCOc1ncccc1C(F)(F)F)N1CCCC1.I. The lowest BCUT2D eigenvalue weighted by Gasteiger charge is -2.20. The van der Waals surface area contributed by atoms with Gasteiger partial charge in [0.15, 0.2) is 5.96 Å². The molecule has 1 N–H and O–H groups in total. The van der Waals surface area contributed by atoms with E-state index in [4.69, 9.17) is 4.74 Å². The largest absolute Gasteiger partial charge is 0.475 e. The van der Waals surface area contributed by atoms with Crippen molar-refractivity contribution >= 4 is 29.9 Å². The zero-order chi connectivity index (χ0) is 16.7. The van der Waals surface area contributed by atoms with Gasteiger partial charge in [-0.15, -0.1) is 24.0 Å². The number of hydrogen-bond donors (Lipinski definition) is 1. The summed E-state index contributed by atoms with van der Waals surface area (Å²) < 4.78 is 43.6. The van der Waals surface area contributed by atoms with Crippen molar-refractivity contribution in [3.05, 3.63) is 23.9 Å². The Hall–Kier alpha value is -1.26. The molecule has 136 valence electrons. The summed E-state index contributed by atoms with van der Waals surface area (Å²) in [7, 11) is 0. The molecule has 1 saturated heterocycles. The van der Waals surface area contributed by atoms with E-state index >= 15 is 0 Å². The lowest BCUT2D eigenvalue weighted by molar-refractivity contribution is -0.139. The molecule has 1 fully saturated rings. The van der Waals surface area contributed by atoms with E-state index < -0.39 is 17.6 Å². The minimum Gasteiger partial charge on any atom is -0.475 e. The van der Waals surface area contributed by atoms with Crippen molar-refractivity contribution in [3.63, 3.8) is 0 Å². The van der Waals surface area contributed by atoms with Crippen LogP contribution >= 0.6 is 24.0 Å². The van der Waals surface area contributed by atoms with E-state index in [0.29, 0.717) is 0 Å². The molecule has 1 aliphatic rings. The molecule has 0 amide bonds. The summed E-state index contributed by atoms with van der Waals surface area (Å²) in [5.41, 5.74) is -0.865. The normalized spacial score (nSPS) is 15.2. The number of guanidine groups is 1. The Kier molecular flexibility index (Phi) is 8.57. The zero-order valence-corrected chi connectivity index (χ0v) is 15.8. The van der Waals surface area contributed by atoms with Crippen LogP contribution in [0.3, 0.4) is 0 Å². The van der Waals surface area contributed by atoms with Gasteiger partial charge in [-0.2, -0.15) is 13.2 Å². The van der Waals surface area contributed by atoms with Crippen molar-refractivity contribution in [2.75, 3.05) is 32.8 Å². The Morgan fingerprint density at radius 1 is 1.38 bits per heavy atom. The molecule has 0 aliphatic carbocycles. The van der Waals surface area contributed by atoms with Crippen molar-refractivity contribution in [2.45, 2.75) is 25.9 Å². The lowest BCUT2D eigenvalue weighted by atomic mass is 10.2. The predicted octanol–water partition coefficient (Wildman–Crippen LogP) is 3.16. The van der Waals surface area contributed by atoms with Gasteiger partial charge in [-0.05, 0) is 31.9 Å². The van der Waals surface area contributed by atoms with Crippen LogP contribution < -0.4 is 10.1 Å². The van der Waals surface area contributed by atoms with Gasteiger partial charge in [0.2, 0.25) is 5.88 Å². The third-order valence-corrected chi connectivity index (χ3v) is 3.41. The van der Waals surface area contributed by atoms with E-state index in [-0.39, 0.29) is 37.1 Å². The van der Waals surface area contributed by atoms with E-state index in [0.717, 1.165) is 44.5 Å². The second-order valence-electron chi connectivity index (χ2n) is 5.13. The van der Waals surface area contributed by atoms with Crippen LogP contribution in [0.15, 0.2) is 23.3 Å². The summed E-state index contributed by atoms with van der Waals surface area (Å²) >= 11 is 0. The molecule has 5 nitrogen and oxygen atoms in total. The van der Waals surface area contributed by atoms with Crippen LogP contribution in [0.4, 0.5) is 13.2 Å². The first-order valence-corrected chi connectivity index (χ1v) is 7.70. The lowest BCUT2D eigenvalue weighted by Crippen LogP contribution is -2.39. The van der Waals surface area contributed by atoms with Gasteiger partial charge in [-0.1, -0.05) is 0 Å². The van der Waals surface area contributed by atoms with Gasteiger partial charge in [-0.25, -0.2) is 9.98 Å². The highest BCUT2D eigenvalue weighted by Crippen LogP contribution is 2.34. The second-order valence-corrected chi connectivity index (χ2v) is 5.13. The average Bonchev–Trinajstić information content (AvgIpc) is 3.04. The van der Waals surface area contributed by atoms with Crippen molar-refractivity contribution < 1.29 is 17.9 Å². The predicted molar refractivity (Wildman–Crippen MR) is 96.9 cm³/mol. The van der Waals surface area contributed by atoms with Crippen LogP contribution in [0.25, 0.3) is 0 Å². The van der Waals surface area contributed by atoms with Crippen molar-refractivity contribution in [3.8, 4) is 5.88 Å². The Labute approximate surface area is 156 Å². The summed E-state index contributed by atoms with van der Waals surface area (Å²) in [5.74, 6) is 0.382. The van der Waals surface area contributed by atoms with Gasteiger partial charge < -0.3 is 15.0 Å². The number of alkyl halides is 3. The number of nitrogens with zero attached hydrogens (tertiary/aromatic N) is 3. The molecule has 0 aromatic carbocycles. The maximum atomic E-state index is 12.8. The average molecular weight is 458 g/mol. The van der Waals surface area contributed by atoms with Crippen molar-refractivity contribution in [2.24, 2.45) is 4.99 Å². The maximum Gasteiger partial charge on any atom is 0.421 e. The highest BCUT2D eigenvalue weighted by atomic mass is 127. The molecule has 2 rings (SSSR count). The third-order valence-electron chi connectivity index (χ3n) is 3.41. The number of aliphatic imine (C=N–C) groups is 1. The fourth-order valence-electron chi connectivity index (χ4n) is 2.37. The maximum absolute atomic E-state index is 12.8. The topological polar surface area (TPSA) is 49.8 Å². The summed E-state index contributed by atoms with van der Waals surface area (Å²) in [5, 5.41) is 3.18. The van der Waals surface area contributed by atoms with Gasteiger partial charge in [-0.3, -0.25) is 0 Å². The molecule has 1 aromatic heterocycles. The number of halogens is 4. The van der Waals surface area contributed by atoms with E-state index in [1.807, 2.05) is 6.92 Å². The molecule has 9 heteroatoms. The molecule has 2 heterocycles. The first-order chi connectivity index (χ1) is 11.0. The molecule has 0 unspecified atom stereocenters. The molecule has 0 saturated carbocycles.